The van der Waals surface area contributed by atoms with Gasteiger partial charge in [-0.15, -0.1) is 11.8 Å². The Morgan fingerprint density at radius 3 is 2.37 bits per heavy atom. The molecule has 0 radical (unpaired) electrons. The van der Waals surface area contributed by atoms with Gasteiger partial charge in [-0.3, -0.25) is 13.9 Å². The molecule has 0 saturated carbocycles. The van der Waals surface area contributed by atoms with Crippen molar-refractivity contribution >= 4 is 34.4 Å². The Morgan fingerprint density at radius 2 is 1.57 bits per heavy atom. The van der Waals surface area contributed by atoms with Crippen LogP contribution in [0.15, 0.2) is 88.6 Å². The van der Waals surface area contributed by atoms with Gasteiger partial charge >= 0.3 is 5.69 Å². The minimum Gasteiger partial charge on any atom is -0.325 e. The predicted octanol–water partition coefficient (Wildman–Crippen LogP) is 4.66. The van der Waals surface area contributed by atoms with Crippen LogP contribution in [-0.2, 0) is 24.1 Å². The molecule has 0 saturated heterocycles. The van der Waals surface area contributed by atoms with Crippen LogP contribution in [0.4, 0.5) is 5.69 Å². The molecule has 0 atom stereocenters. The van der Waals surface area contributed by atoms with E-state index in [1.54, 1.807) is 27.9 Å². The van der Waals surface area contributed by atoms with Crippen molar-refractivity contribution in [1.82, 2.24) is 9.13 Å². The minimum atomic E-state index is -0.109. The molecule has 6 heteroatoms. The van der Waals surface area contributed by atoms with Gasteiger partial charge in [-0.25, -0.2) is 4.79 Å². The number of para-hydroxylation sites is 3. The van der Waals surface area contributed by atoms with Gasteiger partial charge in [0.25, 0.3) is 0 Å². The summed E-state index contributed by atoms with van der Waals surface area (Å²) in [4.78, 5) is 26.2. The van der Waals surface area contributed by atoms with Gasteiger partial charge in [-0.05, 0) is 29.8 Å². The summed E-state index contributed by atoms with van der Waals surface area (Å²) < 4.78 is 3.27. The van der Waals surface area contributed by atoms with E-state index >= 15 is 0 Å². The Bertz CT molecular complexity index is 1230. The molecule has 30 heavy (non-hydrogen) atoms. The summed E-state index contributed by atoms with van der Waals surface area (Å²) in [6.45, 7) is 0.339. The quantitative estimate of drug-likeness (QED) is 0.445. The first kappa shape index (κ1) is 20.0. The van der Waals surface area contributed by atoms with Crippen LogP contribution < -0.4 is 11.0 Å². The fourth-order valence-corrected chi connectivity index (χ4v) is 4.40. The summed E-state index contributed by atoms with van der Waals surface area (Å²) in [5.41, 5.74) is 3.64. The lowest BCUT2D eigenvalue weighted by molar-refractivity contribution is -0.116. The number of imidazole rings is 1. The van der Waals surface area contributed by atoms with Crippen LogP contribution in [0.1, 0.15) is 12.0 Å². The number of aromatic nitrogens is 2. The monoisotopic (exact) mass is 417 g/mol. The maximum Gasteiger partial charge on any atom is 0.328 e. The van der Waals surface area contributed by atoms with Gasteiger partial charge in [0.05, 0.1) is 16.7 Å². The number of rotatable bonds is 7. The van der Waals surface area contributed by atoms with Gasteiger partial charge in [0.1, 0.15) is 0 Å². The van der Waals surface area contributed by atoms with Crippen molar-refractivity contribution in [3.63, 3.8) is 0 Å². The zero-order chi connectivity index (χ0) is 20.9. The van der Waals surface area contributed by atoms with Gasteiger partial charge < -0.3 is 5.32 Å². The maximum absolute atomic E-state index is 12.6. The van der Waals surface area contributed by atoms with Crippen molar-refractivity contribution in [1.29, 1.82) is 0 Å². The summed E-state index contributed by atoms with van der Waals surface area (Å²) in [6, 6.07) is 25.7. The molecule has 0 bridgehead atoms. The molecule has 3 aromatic carbocycles. The maximum atomic E-state index is 12.6. The number of fused-ring (bicyclic) bond motifs is 1. The Kier molecular flexibility index (Phi) is 6.05. The SMILES string of the molecule is Cn1c(=O)n(CCC(=O)Nc2ccccc2SCc2ccccc2)c2ccccc21. The highest BCUT2D eigenvalue weighted by atomic mass is 32.2. The molecular formula is C24H23N3O2S. The number of aryl methyl sites for hydroxylation is 2. The molecule has 4 aromatic rings. The number of nitrogens with one attached hydrogen (secondary N) is 1. The lowest BCUT2D eigenvalue weighted by atomic mass is 10.2. The van der Waals surface area contributed by atoms with E-state index < -0.39 is 0 Å². The average Bonchev–Trinajstić information content (AvgIpc) is 3.02. The summed E-state index contributed by atoms with van der Waals surface area (Å²) in [6.07, 6.45) is 0.228. The third-order valence-electron chi connectivity index (χ3n) is 5.01. The predicted molar refractivity (Wildman–Crippen MR) is 123 cm³/mol. The van der Waals surface area contributed by atoms with Gasteiger partial charge in [0.15, 0.2) is 0 Å². The molecule has 1 N–H and O–H groups in total. The van der Waals surface area contributed by atoms with Crippen LogP contribution in [0.2, 0.25) is 0 Å². The molecule has 0 unspecified atom stereocenters. The number of carbonyl (C=O) groups excluding carboxylic acids is 1. The zero-order valence-corrected chi connectivity index (χ0v) is 17.6. The normalized spacial score (nSPS) is 11.0. The molecular weight excluding hydrogens is 394 g/mol. The van der Waals surface area contributed by atoms with Gasteiger partial charge in [-0.1, -0.05) is 54.6 Å². The van der Waals surface area contributed by atoms with Crippen molar-refractivity contribution in [3.05, 3.63) is 94.9 Å². The van der Waals surface area contributed by atoms with E-state index in [2.05, 4.69) is 17.4 Å². The van der Waals surface area contributed by atoms with E-state index in [9.17, 15) is 9.59 Å². The Labute approximate surface area is 179 Å². The molecule has 1 heterocycles. The minimum absolute atomic E-state index is 0.109. The second-order valence-corrected chi connectivity index (χ2v) is 8.07. The highest BCUT2D eigenvalue weighted by molar-refractivity contribution is 7.98. The molecule has 0 fully saturated rings. The van der Waals surface area contributed by atoms with E-state index in [1.165, 1.54) is 5.56 Å². The fraction of sp³-hybridized carbons (Fsp3) is 0.167. The van der Waals surface area contributed by atoms with Gasteiger partial charge in [0, 0.05) is 30.7 Å². The highest BCUT2D eigenvalue weighted by Gasteiger charge is 2.12. The first-order chi connectivity index (χ1) is 14.6. The zero-order valence-electron chi connectivity index (χ0n) is 16.7. The largest absolute Gasteiger partial charge is 0.328 e. The van der Waals surface area contributed by atoms with Crippen LogP contribution in [0.25, 0.3) is 11.0 Å². The fourth-order valence-electron chi connectivity index (χ4n) is 3.44. The topological polar surface area (TPSA) is 56.0 Å². The van der Waals surface area contributed by atoms with E-state index in [0.717, 1.165) is 27.4 Å². The molecule has 0 aliphatic rings. The van der Waals surface area contributed by atoms with Crippen LogP contribution in [0, 0.1) is 0 Å². The summed E-state index contributed by atoms with van der Waals surface area (Å²) >= 11 is 1.69. The van der Waals surface area contributed by atoms with E-state index in [4.69, 9.17) is 0 Å². The lowest BCUT2D eigenvalue weighted by Gasteiger charge is -2.11. The Balaban J connectivity index is 1.43. The highest BCUT2D eigenvalue weighted by Crippen LogP contribution is 2.29. The van der Waals surface area contributed by atoms with Crippen molar-refractivity contribution in [3.8, 4) is 0 Å². The second-order valence-electron chi connectivity index (χ2n) is 7.05. The van der Waals surface area contributed by atoms with Crippen LogP contribution in [-0.4, -0.2) is 15.0 Å². The third-order valence-corrected chi connectivity index (χ3v) is 6.16. The average molecular weight is 418 g/mol. The number of hydrogen-bond acceptors (Lipinski definition) is 3. The number of thioether (sulfide) groups is 1. The standard InChI is InChI=1S/C24H23N3O2S/c1-26-20-12-6-7-13-21(20)27(24(26)29)16-15-23(28)25-19-11-5-8-14-22(19)30-17-18-9-3-2-4-10-18/h2-14H,15-17H2,1H3,(H,25,28). The van der Waals surface area contributed by atoms with Crippen molar-refractivity contribution < 1.29 is 4.79 Å². The summed E-state index contributed by atoms with van der Waals surface area (Å²) in [5, 5.41) is 3.01. The van der Waals surface area contributed by atoms with Crippen LogP contribution in [0.3, 0.4) is 0 Å². The Hall–Kier alpha value is -3.25. The molecule has 0 aliphatic heterocycles. The van der Waals surface area contributed by atoms with Crippen LogP contribution >= 0.6 is 11.8 Å². The van der Waals surface area contributed by atoms with Crippen molar-refractivity contribution in [2.75, 3.05) is 5.32 Å². The first-order valence-electron chi connectivity index (χ1n) is 9.83. The van der Waals surface area contributed by atoms with E-state index in [0.29, 0.717) is 6.54 Å². The molecule has 0 aliphatic carbocycles. The molecule has 1 amide bonds. The Morgan fingerprint density at radius 1 is 0.900 bits per heavy atom. The number of nitrogens with zero attached hydrogens (tertiary/aromatic N) is 2. The number of carbonyl (C=O) groups is 1. The van der Waals surface area contributed by atoms with Gasteiger partial charge in [0.2, 0.25) is 5.91 Å². The lowest BCUT2D eigenvalue weighted by Crippen LogP contribution is -2.24. The molecule has 5 nitrogen and oxygen atoms in total. The van der Waals surface area contributed by atoms with E-state index in [1.807, 2.05) is 66.7 Å². The van der Waals surface area contributed by atoms with Crippen molar-refractivity contribution in [2.24, 2.45) is 7.05 Å². The molecule has 1 aromatic heterocycles. The summed E-state index contributed by atoms with van der Waals surface area (Å²) in [7, 11) is 1.75. The molecule has 0 spiro atoms. The molecule has 4 rings (SSSR count). The third kappa shape index (κ3) is 4.33. The molecule has 152 valence electrons. The number of benzene rings is 3. The number of anilines is 1. The number of hydrogen-bond donors (Lipinski definition) is 1. The van der Waals surface area contributed by atoms with Crippen molar-refractivity contribution in [2.45, 2.75) is 23.6 Å². The first-order valence-corrected chi connectivity index (χ1v) is 10.8. The second kappa shape index (κ2) is 9.05. The number of amides is 1. The smallest absolute Gasteiger partial charge is 0.325 e. The van der Waals surface area contributed by atoms with Gasteiger partial charge in [-0.2, -0.15) is 0 Å². The van der Waals surface area contributed by atoms with E-state index in [-0.39, 0.29) is 18.0 Å². The summed E-state index contributed by atoms with van der Waals surface area (Å²) in [5.74, 6) is 0.724. The van der Waals surface area contributed by atoms with Crippen LogP contribution in [0.5, 0.6) is 0 Å².